The number of ether oxygens (including phenoxy) is 2. The van der Waals surface area contributed by atoms with Gasteiger partial charge in [-0.1, -0.05) is 20.8 Å². The molecular weight excluding hydrogens is 242 g/mol. The Bertz CT molecular complexity index is 448. The van der Waals surface area contributed by atoms with Crippen LogP contribution < -0.4 is 15.2 Å². The summed E-state index contributed by atoms with van der Waals surface area (Å²) in [4.78, 5) is 8.07. The Morgan fingerprint density at radius 3 is 2.58 bits per heavy atom. The minimum atomic E-state index is 0.153. The van der Waals surface area contributed by atoms with Crippen molar-refractivity contribution in [3.8, 4) is 11.8 Å². The lowest BCUT2D eigenvalue weighted by Gasteiger charge is -2.38. The van der Waals surface area contributed by atoms with Gasteiger partial charge in [-0.25, -0.2) is 0 Å². The fourth-order valence-electron chi connectivity index (χ4n) is 3.13. The van der Waals surface area contributed by atoms with E-state index in [1.54, 1.807) is 0 Å². The van der Waals surface area contributed by atoms with E-state index in [1.165, 1.54) is 19.9 Å². The first-order chi connectivity index (χ1) is 8.91. The van der Waals surface area contributed by atoms with E-state index in [4.69, 9.17) is 15.2 Å². The molecule has 19 heavy (non-hydrogen) atoms. The zero-order valence-corrected chi connectivity index (χ0v) is 12.1. The maximum atomic E-state index is 5.98. The van der Waals surface area contributed by atoms with Crippen molar-refractivity contribution >= 4 is 5.69 Å². The largest absolute Gasteiger partial charge is 0.479 e. The third kappa shape index (κ3) is 3.28. The Balaban J connectivity index is 2.13. The maximum Gasteiger partial charge on any atom is 0.244 e. The van der Waals surface area contributed by atoms with Crippen LogP contribution in [0.3, 0.4) is 0 Å². The fourth-order valence-corrected chi connectivity index (χ4v) is 3.13. The van der Waals surface area contributed by atoms with Gasteiger partial charge in [-0.3, -0.25) is 0 Å². The van der Waals surface area contributed by atoms with Crippen LogP contribution in [0, 0.1) is 11.3 Å². The highest BCUT2D eigenvalue weighted by Crippen LogP contribution is 2.40. The number of aromatic nitrogens is 2. The van der Waals surface area contributed by atoms with E-state index >= 15 is 0 Å². The molecule has 1 aromatic heterocycles. The summed E-state index contributed by atoms with van der Waals surface area (Å²) in [6.07, 6.45) is 4.86. The summed E-state index contributed by atoms with van der Waals surface area (Å²) in [5, 5.41) is 0. The molecule has 2 unspecified atom stereocenters. The molecule has 1 aliphatic rings. The molecule has 1 fully saturated rings. The molecule has 0 aromatic carbocycles. The van der Waals surface area contributed by atoms with Crippen LogP contribution in [-0.4, -0.2) is 23.2 Å². The summed E-state index contributed by atoms with van der Waals surface area (Å²) < 4.78 is 11.1. The van der Waals surface area contributed by atoms with E-state index < -0.39 is 0 Å². The lowest BCUT2D eigenvalue weighted by atomic mass is 9.71. The highest BCUT2D eigenvalue weighted by atomic mass is 16.5. The van der Waals surface area contributed by atoms with E-state index in [0.29, 0.717) is 28.8 Å². The van der Waals surface area contributed by atoms with E-state index in [1.807, 2.05) is 0 Å². The van der Waals surface area contributed by atoms with Crippen LogP contribution in [0.1, 0.15) is 40.0 Å². The van der Waals surface area contributed by atoms with Crippen LogP contribution in [0.25, 0.3) is 0 Å². The third-order valence-electron chi connectivity index (χ3n) is 3.63. The van der Waals surface area contributed by atoms with Gasteiger partial charge in [-0.05, 0) is 30.6 Å². The first-order valence-electron chi connectivity index (χ1n) is 6.72. The van der Waals surface area contributed by atoms with Gasteiger partial charge in [0.05, 0.1) is 7.11 Å². The molecule has 0 bridgehead atoms. The molecule has 1 aromatic rings. The smallest absolute Gasteiger partial charge is 0.244 e. The van der Waals surface area contributed by atoms with Gasteiger partial charge in [0.2, 0.25) is 11.8 Å². The van der Waals surface area contributed by atoms with Crippen LogP contribution in [0.15, 0.2) is 6.33 Å². The monoisotopic (exact) mass is 265 g/mol. The number of methoxy groups -OCH3 is 1. The van der Waals surface area contributed by atoms with Crippen molar-refractivity contribution < 1.29 is 9.47 Å². The molecule has 106 valence electrons. The van der Waals surface area contributed by atoms with Crippen molar-refractivity contribution in [3.05, 3.63) is 6.33 Å². The normalized spacial score (nSPS) is 25.9. The Kier molecular flexibility index (Phi) is 3.83. The van der Waals surface area contributed by atoms with Crippen LogP contribution >= 0.6 is 0 Å². The summed E-state index contributed by atoms with van der Waals surface area (Å²) in [6.45, 7) is 6.83. The summed E-state index contributed by atoms with van der Waals surface area (Å²) in [5.41, 5.74) is 6.61. The fraction of sp³-hybridized carbons (Fsp3) is 0.714. The standard InChI is InChI=1S/C14H23N3O2/c1-9-5-10(7-14(2,3)6-9)19-13-11(15)12(18-4)16-8-17-13/h8-10H,5-7,15H2,1-4H3. The van der Waals surface area contributed by atoms with E-state index in [-0.39, 0.29) is 6.10 Å². The van der Waals surface area contributed by atoms with Crippen molar-refractivity contribution in [2.24, 2.45) is 11.3 Å². The molecule has 2 N–H and O–H groups in total. The lowest BCUT2D eigenvalue weighted by molar-refractivity contribution is 0.0535. The van der Waals surface area contributed by atoms with Crippen molar-refractivity contribution in [1.29, 1.82) is 0 Å². The number of anilines is 1. The van der Waals surface area contributed by atoms with Gasteiger partial charge >= 0.3 is 0 Å². The predicted molar refractivity (Wildman–Crippen MR) is 74.2 cm³/mol. The second-order valence-electron chi connectivity index (χ2n) is 6.25. The molecule has 0 saturated heterocycles. The minimum absolute atomic E-state index is 0.153. The van der Waals surface area contributed by atoms with E-state index in [2.05, 4.69) is 30.7 Å². The van der Waals surface area contributed by atoms with Gasteiger partial charge in [0.1, 0.15) is 12.4 Å². The van der Waals surface area contributed by atoms with Crippen LogP contribution in [0.5, 0.6) is 11.8 Å². The predicted octanol–water partition coefficient (Wildman–Crippen LogP) is 2.66. The lowest BCUT2D eigenvalue weighted by Crippen LogP contribution is -2.34. The summed E-state index contributed by atoms with van der Waals surface area (Å²) in [7, 11) is 1.54. The number of hydrogen-bond acceptors (Lipinski definition) is 5. The Labute approximate surface area is 114 Å². The van der Waals surface area contributed by atoms with Gasteiger partial charge in [-0.2, -0.15) is 9.97 Å². The van der Waals surface area contributed by atoms with Crippen molar-refractivity contribution in [2.45, 2.75) is 46.1 Å². The number of rotatable bonds is 3. The number of nitrogen functional groups attached to an aromatic ring is 1. The molecule has 2 atom stereocenters. The average Bonchev–Trinajstić information content (AvgIpc) is 2.29. The number of hydrogen-bond donors (Lipinski definition) is 1. The summed E-state index contributed by atoms with van der Waals surface area (Å²) in [6, 6.07) is 0. The van der Waals surface area contributed by atoms with Crippen LogP contribution in [-0.2, 0) is 0 Å². The average molecular weight is 265 g/mol. The van der Waals surface area contributed by atoms with E-state index in [9.17, 15) is 0 Å². The molecule has 1 aliphatic carbocycles. The second-order valence-corrected chi connectivity index (χ2v) is 6.25. The summed E-state index contributed by atoms with van der Waals surface area (Å²) >= 11 is 0. The minimum Gasteiger partial charge on any atom is -0.479 e. The molecule has 0 aliphatic heterocycles. The van der Waals surface area contributed by atoms with Crippen molar-refractivity contribution in [3.63, 3.8) is 0 Å². The van der Waals surface area contributed by atoms with Crippen molar-refractivity contribution in [2.75, 3.05) is 12.8 Å². The zero-order chi connectivity index (χ0) is 14.0. The van der Waals surface area contributed by atoms with E-state index in [0.717, 1.165) is 12.8 Å². The molecule has 5 heteroatoms. The van der Waals surface area contributed by atoms with Gasteiger partial charge in [0, 0.05) is 0 Å². The third-order valence-corrected chi connectivity index (χ3v) is 3.63. The molecule has 1 heterocycles. The van der Waals surface area contributed by atoms with Crippen molar-refractivity contribution in [1.82, 2.24) is 9.97 Å². The maximum absolute atomic E-state index is 5.98. The molecule has 2 rings (SSSR count). The summed E-state index contributed by atoms with van der Waals surface area (Å²) in [5.74, 6) is 1.45. The molecule has 0 radical (unpaired) electrons. The highest BCUT2D eigenvalue weighted by molar-refractivity contribution is 5.55. The molecule has 0 amide bonds. The number of nitrogens with two attached hydrogens (primary N) is 1. The molecule has 5 nitrogen and oxygen atoms in total. The molecular formula is C14H23N3O2. The molecule has 0 spiro atoms. The van der Waals surface area contributed by atoms with Gasteiger partial charge < -0.3 is 15.2 Å². The highest BCUT2D eigenvalue weighted by Gasteiger charge is 2.33. The first kappa shape index (κ1) is 13.9. The van der Waals surface area contributed by atoms with Gasteiger partial charge in [0.25, 0.3) is 0 Å². The zero-order valence-electron chi connectivity index (χ0n) is 12.1. The van der Waals surface area contributed by atoms with Gasteiger partial charge in [0.15, 0.2) is 5.69 Å². The van der Waals surface area contributed by atoms with Crippen LogP contribution in [0.4, 0.5) is 5.69 Å². The Hall–Kier alpha value is -1.52. The Morgan fingerprint density at radius 2 is 1.95 bits per heavy atom. The topological polar surface area (TPSA) is 70.3 Å². The number of nitrogens with zero attached hydrogens (tertiary/aromatic N) is 2. The SMILES string of the molecule is COc1ncnc(OC2CC(C)CC(C)(C)C2)c1N. The quantitative estimate of drug-likeness (QED) is 0.909. The Morgan fingerprint density at radius 1 is 1.26 bits per heavy atom. The van der Waals surface area contributed by atoms with Gasteiger partial charge in [-0.15, -0.1) is 0 Å². The molecule has 1 saturated carbocycles. The second kappa shape index (κ2) is 5.23. The van der Waals surface area contributed by atoms with Crippen LogP contribution in [0.2, 0.25) is 0 Å². The first-order valence-corrected chi connectivity index (χ1v) is 6.72.